The van der Waals surface area contributed by atoms with Crippen LogP contribution < -0.4 is 5.32 Å². The molecule has 1 saturated carbocycles. The molecule has 0 aliphatic heterocycles. The summed E-state index contributed by atoms with van der Waals surface area (Å²) in [7, 11) is 0. The molecular weight excluding hydrogens is 198 g/mol. The lowest BCUT2D eigenvalue weighted by Gasteiger charge is -2.29. The average molecular weight is 225 g/mol. The van der Waals surface area contributed by atoms with E-state index in [1.807, 2.05) is 6.08 Å². The summed E-state index contributed by atoms with van der Waals surface area (Å²) in [4.78, 5) is 0. The minimum Gasteiger partial charge on any atom is -0.393 e. The fourth-order valence-corrected chi connectivity index (χ4v) is 2.51. The Bertz CT molecular complexity index is 193. The Morgan fingerprint density at radius 2 is 2.19 bits per heavy atom. The topological polar surface area (TPSA) is 32.3 Å². The Hall–Kier alpha value is -0.340. The zero-order valence-corrected chi connectivity index (χ0v) is 10.6. The lowest BCUT2D eigenvalue weighted by atomic mass is 9.86. The number of hydrogen-bond donors (Lipinski definition) is 2. The van der Waals surface area contributed by atoms with Gasteiger partial charge in [-0.25, -0.2) is 0 Å². The van der Waals surface area contributed by atoms with E-state index in [0.29, 0.717) is 12.0 Å². The first-order valence-corrected chi connectivity index (χ1v) is 6.80. The van der Waals surface area contributed by atoms with Crippen molar-refractivity contribution < 1.29 is 5.11 Å². The van der Waals surface area contributed by atoms with Gasteiger partial charge in [0.25, 0.3) is 0 Å². The quantitative estimate of drug-likeness (QED) is 0.653. The van der Waals surface area contributed by atoms with E-state index in [-0.39, 0.29) is 6.10 Å². The Balaban J connectivity index is 2.22. The molecule has 1 rings (SSSR count). The molecule has 2 N–H and O–H groups in total. The summed E-state index contributed by atoms with van der Waals surface area (Å²) in [5.74, 6) is 0.478. The Morgan fingerprint density at radius 3 is 2.81 bits per heavy atom. The minimum atomic E-state index is -0.0711. The number of hydrogen-bond acceptors (Lipinski definition) is 2. The smallest absolute Gasteiger partial charge is 0.0580 e. The molecule has 0 radical (unpaired) electrons. The summed E-state index contributed by atoms with van der Waals surface area (Å²) in [5.41, 5.74) is 0. The Morgan fingerprint density at radius 1 is 1.44 bits per heavy atom. The summed E-state index contributed by atoms with van der Waals surface area (Å²) in [6.07, 6.45) is 10.00. The van der Waals surface area contributed by atoms with Crippen LogP contribution in [0.4, 0.5) is 0 Å². The Labute approximate surface area is 100 Å². The van der Waals surface area contributed by atoms with E-state index in [2.05, 4.69) is 18.8 Å². The molecule has 0 bridgehead atoms. The molecule has 0 amide bonds. The van der Waals surface area contributed by atoms with Crippen molar-refractivity contribution in [3.63, 3.8) is 0 Å². The molecular formula is C14H27NO. The molecule has 16 heavy (non-hydrogen) atoms. The van der Waals surface area contributed by atoms with E-state index >= 15 is 0 Å². The van der Waals surface area contributed by atoms with E-state index in [1.165, 1.54) is 25.7 Å². The van der Waals surface area contributed by atoms with Gasteiger partial charge in [-0.15, -0.1) is 6.58 Å². The maximum absolute atomic E-state index is 9.87. The first-order valence-electron chi connectivity index (χ1n) is 6.80. The van der Waals surface area contributed by atoms with Gasteiger partial charge in [0.2, 0.25) is 0 Å². The van der Waals surface area contributed by atoms with E-state index in [4.69, 9.17) is 0 Å². The van der Waals surface area contributed by atoms with Crippen molar-refractivity contribution in [1.29, 1.82) is 0 Å². The highest BCUT2D eigenvalue weighted by Crippen LogP contribution is 2.23. The molecule has 0 saturated heterocycles. The summed E-state index contributed by atoms with van der Waals surface area (Å²) >= 11 is 0. The van der Waals surface area contributed by atoms with Crippen LogP contribution in [0.15, 0.2) is 12.7 Å². The molecule has 0 spiro atoms. The molecule has 0 aromatic carbocycles. The van der Waals surface area contributed by atoms with Crippen LogP contribution in [0.2, 0.25) is 0 Å². The lowest BCUT2D eigenvalue weighted by molar-refractivity contribution is 0.0678. The second-order valence-electron chi connectivity index (χ2n) is 4.99. The van der Waals surface area contributed by atoms with E-state index < -0.39 is 0 Å². The van der Waals surface area contributed by atoms with Crippen LogP contribution in [-0.4, -0.2) is 23.8 Å². The molecule has 1 fully saturated rings. The molecule has 94 valence electrons. The Kier molecular flexibility index (Phi) is 6.74. The molecule has 1 aliphatic carbocycles. The van der Waals surface area contributed by atoms with Crippen LogP contribution in [0.25, 0.3) is 0 Å². The first kappa shape index (κ1) is 13.7. The SMILES string of the molecule is C=CCCC(CC)NCC1CCCCC1O. The summed E-state index contributed by atoms with van der Waals surface area (Å²) in [5, 5.41) is 13.5. The van der Waals surface area contributed by atoms with E-state index in [1.54, 1.807) is 0 Å². The normalized spacial score (nSPS) is 27.6. The molecule has 3 atom stereocenters. The van der Waals surface area contributed by atoms with Gasteiger partial charge < -0.3 is 10.4 Å². The predicted molar refractivity (Wildman–Crippen MR) is 69.5 cm³/mol. The number of rotatable bonds is 7. The third-order valence-corrected chi connectivity index (χ3v) is 3.75. The van der Waals surface area contributed by atoms with Crippen LogP contribution in [0, 0.1) is 5.92 Å². The molecule has 3 unspecified atom stereocenters. The van der Waals surface area contributed by atoms with Gasteiger partial charge in [0.15, 0.2) is 0 Å². The summed E-state index contributed by atoms with van der Waals surface area (Å²) in [6.45, 7) is 6.96. The number of nitrogens with one attached hydrogen (secondary N) is 1. The number of aliphatic hydroxyl groups is 1. The number of aliphatic hydroxyl groups excluding tert-OH is 1. The van der Waals surface area contributed by atoms with Crippen molar-refractivity contribution in [2.24, 2.45) is 5.92 Å². The van der Waals surface area contributed by atoms with Gasteiger partial charge in [0, 0.05) is 12.6 Å². The molecule has 0 aromatic heterocycles. The fraction of sp³-hybridized carbons (Fsp3) is 0.857. The van der Waals surface area contributed by atoms with Crippen LogP contribution in [0.1, 0.15) is 51.9 Å². The van der Waals surface area contributed by atoms with Crippen molar-refractivity contribution in [2.45, 2.75) is 64.0 Å². The summed E-state index contributed by atoms with van der Waals surface area (Å²) < 4.78 is 0. The highest BCUT2D eigenvalue weighted by Gasteiger charge is 2.23. The van der Waals surface area contributed by atoms with Crippen molar-refractivity contribution in [1.82, 2.24) is 5.32 Å². The van der Waals surface area contributed by atoms with Gasteiger partial charge in [-0.3, -0.25) is 0 Å². The van der Waals surface area contributed by atoms with Gasteiger partial charge in [-0.1, -0.05) is 25.8 Å². The van der Waals surface area contributed by atoms with Gasteiger partial charge in [-0.2, -0.15) is 0 Å². The van der Waals surface area contributed by atoms with Gasteiger partial charge in [-0.05, 0) is 38.0 Å². The number of allylic oxidation sites excluding steroid dienone is 1. The third-order valence-electron chi connectivity index (χ3n) is 3.75. The van der Waals surface area contributed by atoms with Crippen molar-refractivity contribution in [3.05, 3.63) is 12.7 Å². The fourth-order valence-electron chi connectivity index (χ4n) is 2.51. The first-order chi connectivity index (χ1) is 7.77. The van der Waals surface area contributed by atoms with Crippen molar-refractivity contribution in [2.75, 3.05) is 6.54 Å². The molecule has 0 heterocycles. The lowest BCUT2D eigenvalue weighted by Crippen LogP contribution is -2.38. The molecule has 2 heteroatoms. The minimum absolute atomic E-state index is 0.0711. The van der Waals surface area contributed by atoms with Crippen LogP contribution >= 0.6 is 0 Å². The maximum atomic E-state index is 9.87. The van der Waals surface area contributed by atoms with E-state index in [9.17, 15) is 5.11 Å². The average Bonchev–Trinajstić information content (AvgIpc) is 2.31. The highest BCUT2D eigenvalue weighted by molar-refractivity contribution is 4.79. The second kappa shape index (κ2) is 7.86. The third kappa shape index (κ3) is 4.67. The van der Waals surface area contributed by atoms with Crippen LogP contribution in [0.3, 0.4) is 0 Å². The zero-order chi connectivity index (χ0) is 11.8. The van der Waals surface area contributed by atoms with Gasteiger partial charge >= 0.3 is 0 Å². The monoisotopic (exact) mass is 225 g/mol. The van der Waals surface area contributed by atoms with Crippen molar-refractivity contribution in [3.8, 4) is 0 Å². The molecule has 0 aromatic rings. The van der Waals surface area contributed by atoms with Crippen LogP contribution in [-0.2, 0) is 0 Å². The predicted octanol–water partition coefficient (Wildman–Crippen LogP) is 2.87. The van der Waals surface area contributed by atoms with Crippen LogP contribution in [0.5, 0.6) is 0 Å². The van der Waals surface area contributed by atoms with Gasteiger partial charge in [0.1, 0.15) is 0 Å². The highest BCUT2D eigenvalue weighted by atomic mass is 16.3. The largest absolute Gasteiger partial charge is 0.393 e. The summed E-state index contributed by atoms with van der Waals surface area (Å²) in [6, 6.07) is 0.590. The van der Waals surface area contributed by atoms with E-state index in [0.717, 1.165) is 25.8 Å². The maximum Gasteiger partial charge on any atom is 0.0580 e. The van der Waals surface area contributed by atoms with Crippen molar-refractivity contribution >= 4 is 0 Å². The molecule has 2 nitrogen and oxygen atoms in total. The molecule has 1 aliphatic rings. The van der Waals surface area contributed by atoms with Gasteiger partial charge in [0.05, 0.1) is 6.10 Å². The zero-order valence-electron chi connectivity index (χ0n) is 10.6. The second-order valence-corrected chi connectivity index (χ2v) is 4.99. The standard InChI is InChI=1S/C14H27NO/c1-3-5-9-13(4-2)15-11-12-8-6-7-10-14(12)16/h3,12-16H,1,4-11H2,2H3.